The second-order valence-corrected chi connectivity index (χ2v) is 4.72. The Labute approximate surface area is 109 Å². The minimum Gasteiger partial charge on any atom is -0.473 e. The van der Waals surface area contributed by atoms with E-state index in [-0.39, 0.29) is 5.78 Å². The minimum absolute atomic E-state index is 0.154. The molecule has 0 amide bonds. The van der Waals surface area contributed by atoms with E-state index >= 15 is 0 Å². The third-order valence-electron chi connectivity index (χ3n) is 3.91. The third kappa shape index (κ3) is 1.28. The number of hydrogen-bond acceptors (Lipinski definition) is 5. The van der Waals surface area contributed by atoms with Crippen molar-refractivity contribution in [1.29, 1.82) is 5.26 Å². The topological polar surface area (TPSA) is 76.4 Å². The molecule has 96 valence electrons. The lowest BCUT2D eigenvalue weighted by Gasteiger charge is -2.51. The number of para-hydroxylation sites is 1. The zero-order valence-corrected chi connectivity index (χ0v) is 10.3. The van der Waals surface area contributed by atoms with Crippen molar-refractivity contribution in [2.75, 3.05) is 7.11 Å². The number of methoxy groups -OCH3 is 1. The third-order valence-corrected chi connectivity index (χ3v) is 3.91. The molecule has 5 heteroatoms. The van der Waals surface area contributed by atoms with Crippen molar-refractivity contribution < 1.29 is 19.1 Å². The van der Waals surface area contributed by atoms with Gasteiger partial charge in [0, 0.05) is 0 Å². The number of hydrogen-bond donors (Lipinski definition) is 0. The minimum atomic E-state index is -1.46. The number of ether oxygens (including phenoxy) is 2. The second kappa shape index (κ2) is 3.82. The standard InChI is InChI=1S/C14H11NO4/c1-18-13(17)14-8(7-15)6-10(14)12(16)9-4-2-3-5-11(9)19-14/h2-5,8,10H,6H2,1H3. The summed E-state index contributed by atoms with van der Waals surface area (Å²) in [6.07, 6.45) is 0.332. The number of carbonyl (C=O) groups is 2. The first-order valence-corrected chi connectivity index (χ1v) is 5.95. The molecule has 0 radical (unpaired) electrons. The quantitative estimate of drug-likeness (QED) is 0.709. The van der Waals surface area contributed by atoms with Crippen LogP contribution in [-0.4, -0.2) is 24.5 Å². The first-order chi connectivity index (χ1) is 9.15. The second-order valence-electron chi connectivity index (χ2n) is 4.72. The molecule has 1 fully saturated rings. The summed E-state index contributed by atoms with van der Waals surface area (Å²) in [6, 6.07) is 8.78. The van der Waals surface area contributed by atoms with Crippen LogP contribution in [-0.2, 0) is 9.53 Å². The highest BCUT2D eigenvalue weighted by molar-refractivity contribution is 6.07. The zero-order valence-electron chi connectivity index (χ0n) is 10.3. The number of rotatable bonds is 1. The highest BCUT2D eigenvalue weighted by Gasteiger charge is 2.69. The molecule has 0 aromatic heterocycles. The molecule has 1 saturated carbocycles. The van der Waals surface area contributed by atoms with Crippen LogP contribution in [0.4, 0.5) is 0 Å². The molecular weight excluding hydrogens is 246 g/mol. The summed E-state index contributed by atoms with van der Waals surface area (Å²) in [4.78, 5) is 24.4. The maximum absolute atomic E-state index is 12.4. The summed E-state index contributed by atoms with van der Waals surface area (Å²) in [6.45, 7) is 0. The largest absolute Gasteiger partial charge is 0.473 e. The molecule has 3 unspecified atom stereocenters. The average Bonchev–Trinajstić information content (AvgIpc) is 2.42. The number of nitrogens with zero attached hydrogens (tertiary/aromatic N) is 1. The Morgan fingerprint density at radius 3 is 2.95 bits per heavy atom. The van der Waals surface area contributed by atoms with E-state index in [0.29, 0.717) is 17.7 Å². The Balaban J connectivity index is 2.13. The summed E-state index contributed by atoms with van der Waals surface area (Å²) in [5.41, 5.74) is -1.00. The Hall–Kier alpha value is -2.35. The zero-order chi connectivity index (χ0) is 13.6. The summed E-state index contributed by atoms with van der Waals surface area (Å²) in [7, 11) is 1.23. The van der Waals surface area contributed by atoms with Crippen molar-refractivity contribution in [2.24, 2.45) is 11.8 Å². The van der Waals surface area contributed by atoms with E-state index in [1.54, 1.807) is 24.3 Å². The maximum Gasteiger partial charge on any atom is 0.352 e. The van der Waals surface area contributed by atoms with Crippen molar-refractivity contribution in [3.8, 4) is 11.8 Å². The number of carbonyl (C=O) groups excluding carboxylic acids is 2. The molecular formula is C14H11NO4. The van der Waals surface area contributed by atoms with Gasteiger partial charge in [0.2, 0.25) is 5.60 Å². The van der Waals surface area contributed by atoms with Crippen LogP contribution in [0.3, 0.4) is 0 Å². The molecule has 0 saturated heterocycles. The number of fused-ring (bicyclic) bond motifs is 2. The van der Waals surface area contributed by atoms with Gasteiger partial charge in [-0.3, -0.25) is 4.79 Å². The van der Waals surface area contributed by atoms with Crippen molar-refractivity contribution in [3.63, 3.8) is 0 Å². The summed E-state index contributed by atoms with van der Waals surface area (Å²) < 4.78 is 10.5. The van der Waals surface area contributed by atoms with Gasteiger partial charge >= 0.3 is 5.97 Å². The number of Topliss-reactive ketones (excluding diaryl/α,β-unsaturated/α-hetero) is 1. The van der Waals surface area contributed by atoms with E-state index < -0.39 is 23.4 Å². The van der Waals surface area contributed by atoms with Gasteiger partial charge in [0.25, 0.3) is 0 Å². The molecule has 2 aliphatic rings. The van der Waals surface area contributed by atoms with Gasteiger partial charge in [-0.15, -0.1) is 0 Å². The molecule has 0 bridgehead atoms. The number of esters is 1. The molecule has 5 nitrogen and oxygen atoms in total. The highest BCUT2D eigenvalue weighted by atomic mass is 16.6. The molecule has 1 aromatic carbocycles. The lowest BCUT2D eigenvalue weighted by molar-refractivity contribution is -0.182. The van der Waals surface area contributed by atoms with Crippen LogP contribution in [0.2, 0.25) is 0 Å². The molecule has 1 aliphatic heterocycles. The van der Waals surface area contributed by atoms with Crippen molar-refractivity contribution >= 4 is 11.8 Å². The van der Waals surface area contributed by atoms with E-state index in [9.17, 15) is 9.59 Å². The van der Waals surface area contributed by atoms with Gasteiger partial charge < -0.3 is 9.47 Å². The van der Waals surface area contributed by atoms with E-state index in [1.807, 2.05) is 6.07 Å². The Bertz CT molecular complexity index is 618. The van der Waals surface area contributed by atoms with E-state index in [0.717, 1.165) is 0 Å². The first-order valence-electron chi connectivity index (χ1n) is 5.95. The van der Waals surface area contributed by atoms with E-state index in [1.165, 1.54) is 7.11 Å². The summed E-state index contributed by atoms with van der Waals surface area (Å²) in [5, 5.41) is 9.12. The van der Waals surface area contributed by atoms with Crippen LogP contribution in [0.1, 0.15) is 16.8 Å². The normalized spacial score (nSPS) is 31.1. The number of benzene rings is 1. The number of ketones is 1. The van der Waals surface area contributed by atoms with Gasteiger partial charge in [-0.05, 0) is 18.6 Å². The fourth-order valence-electron chi connectivity index (χ4n) is 2.88. The SMILES string of the molecule is COC(=O)C12Oc3ccccc3C(=O)C1CC2C#N. The fraction of sp³-hybridized carbons (Fsp3) is 0.357. The summed E-state index contributed by atoms with van der Waals surface area (Å²) in [5.74, 6) is -1.74. The van der Waals surface area contributed by atoms with Crippen molar-refractivity contribution in [3.05, 3.63) is 29.8 Å². The van der Waals surface area contributed by atoms with Gasteiger partial charge in [-0.1, -0.05) is 12.1 Å². The van der Waals surface area contributed by atoms with Gasteiger partial charge in [0.15, 0.2) is 5.78 Å². The van der Waals surface area contributed by atoms with Crippen LogP contribution in [0.5, 0.6) is 5.75 Å². The molecule has 1 aliphatic carbocycles. The predicted octanol–water partition coefficient (Wildman–Crippen LogP) is 1.33. The fourth-order valence-corrected chi connectivity index (χ4v) is 2.88. The predicted molar refractivity (Wildman–Crippen MR) is 63.4 cm³/mol. The molecule has 0 spiro atoms. The van der Waals surface area contributed by atoms with Crippen LogP contribution in [0.25, 0.3) is 0 Å². The monoisotopic (exact) mass is 257 g/mol. The molecule has 3 atom stereocenters. The molecule has 1 aromatic rings. The molecule has 3 rings (SSSR count). The van der Waals surface area contributed by atoms with Gasteiger partial charge in [-0.2, -0.15) is 5.26 Å². The average molecular weight is 257 g/mol. The van der Waals surface area contributed by atoms with Gasteiger partial charge in [0.05, 0.1) is 30.6 Å². The molecule has 0 N–H and O–H groups in total. The Kier molecular flexibility index (Phi) is 2.36. The molecule has 19 heavy (non-hydrogen) atoms. The van der Waals surface area contributed by atoms with Gasteiger partial charge in [-0.25, -0.2) is 4.79 Å². The van der Waals surface area contributed by atoms with Crippen molar-refractivity contribution in [1.82, 2.24) is 0 Å². The van der Waals surface area contributed by atoms with E-state index in [2.05, 4.69) is 0 Å². The van der Waals surface area contributed by atoms with Crippen LogP contribution < -0.4 is 4.74 Å². The first kappa shape index (κ1) is 11.7. The smallest absolute Gasteiger partial charge is 0.352 e. The Morgan fingerprint density at radius 1 is 1.53 bits per heavy atom. The van der Waals surface area contributed by atoms with Crippen LogP contribution >= 0.6 is 0 Å². The maximum atomic E-state index is 12.4. The summed E-state index contributed by atoms with van der Waals surface area (Å²) >= 11 is 0. The van der Waals surface area contributed by atoms with E-state index in [4.69, 9.17) is 14.7 Å². The molecule has 1 heterocycles. The number of nitriles is 1. The Morgan fingerprint density at radius 2 is 2.26 bits per heavy atom. The van der Waals surface area contributed by atoms with Crippen LogP contribution in [0, 0.1) is 23.2 Å². The van der Waals surface area contributed by atoms with Crippen LogP contribution in [0.15, 0.2) is 24.3 Å². The highest BCUT2D eigenvalue weighted by Crippen LogP contribution is 2.53. The van der Waals surface area contributed by atoms with Gasteiger partial charge in [0.1, 0.15) is 5.75 Å². The lowest BCUT2D eigenvalue weighted by atomic mass is 9.57. The van der Waals surface area contributed by atoms with Crippen molar-refractivity contribution in [2.45, 2.75) is 12.0 Å². The lowest BCUT2D eigenvalue weighted by Crippen LogP contribution is -2.68.